The summed E-state index contributed by atoms with van der Waals surface area (Å²) in [6.07, 6.45) is 1.88. The van der Waals surface area contributed by atoms with Crippen LogP contribution in [0, 0.1) is 17.3 Å². The van der Waals surface area contributed by atoms with Gasteiger partial charge < -0.3 is 10.3 Å². The SMILES string of the molecule is CC(C)(C)C#Cc1ccc(C(=O)Nc2ccc3[nH]ccc3c2)cc1. The van der Waals surface area contributed by atoms with Crippen LogP contribution in [-0.4, -0.2) is 10.9 Å². The molecule has 3 rings (SSSR count). The number of anilines is 1. The van der Waals surface area contributed by atoms with Crippen molar-refractivity contribution >= 4 is 22.5 Å². The number of aromatic nitrogens is 1. The first kappa shape index (κ1) is 15.9. The van der Waals surface area contributed by atoms with Crippen LogP contribution in [0.1, 0.15) is 36.7 Å². The number of hydrogen-bond acceptors (Lipinski definition) is 1. The monoisotopic (exact) mass is 316 g/mol. The van der Waals surface area contributed by atoms with Crippen LogP contribution in [0.5, 0.6) is 0 Å². The van der Waals surface area contributed by atoms with Crippen LogP contribution in [0.25, 0.3) is 10.9 Å². The number of nitrogens with one attached hydrogen (secondary N) is 2. The van der Waals surface area contributed by atoms with Crippen molar-refractivity contribution in [1.82, 2.24) is 4.98 Å². The number of aromatic amines is 1. The second kappa shape index (κ2) is 6.25. The van der Waals surface area contributed by atoms with E-state index in [0.29, 0.717) is 5.56 Å². The van der Waals surface area contributed by atoms with Crippen molar-refractivity contribution in [2.75, 3.05) is 5.32 Å². The van der Waals surface area contributed by atoms with Gasteiger partial charge in [-0.25, -0.2) is 0 Å². The minimum absolute atomic E-state index is 0.0348. The van der Waals surface area contributed by atoms with E-state index >= 15 is 0 Å². The van der Waals surface area contributed by atoms with Crippen LogP contribution in [0.3, 0.4) is 0 Å². The Hall–Kier alpha value is -2.99. The Balaban J connectivity index is 1.73. The highest BCUT2D eigenvalue weighted by Gasteiger charge is 2.07. The molecule has 0 fully saturated rings. The van der Waals surface area contributed by atoms with E-state index in [4.69, 9.17) is 0 Å². The first-order chi connectivity index (χ1) is 11.4. The lowest BCUT2D eigenvalue weighted by Gasteiger charge is -2.07. The molecule has 2 aromatic carbocycles. The summed E-state index contributed by atoms with van der Waals surface area (Å²) in [6, 6.07) is 15.1. The molecule has 0 unspecified atom stereocenters. The van der Waals surface area contributed by atoms with Gasteiger partial charge in [0.15, 0.2) is 0 Å². The molecule has 0 aliphatic carbocycles. The highest BCUT2D eigenvalue weighted by molar-refractivity contribution is 6.05. The molecule has 1 aromatic heterocycles. The number of carbonyl (C=O) groups is 1. The number of benzene rings is 2. The van der Waals surface area contributed by atoms with Crippen LogP contribution >= 0.6 is 0 Å². The van der Waals surface area contributed by atoms with Gasteiger partial charge in [-0.1, -0.05) is 11.8 Å². The topological polar surface area (TPSA) is 44.9 Å². The molecule has 0 aliphatic rings. The summed E-state index contributed by atoms with van der Waals surface area (Å²) in [6.45, 7) is 6.22. The van der Waals surface area contributed by atoms with Gasteiger partial charge in [-0.3, -0.25) is 4.79 Å². The molecular weight excluding hydrogens is 296 g/mol. The van der Waals surface area contributed by atoms with Gasteiger partial charge in [0, 0.05) is 39.3 Å². The fourth-order valence-corrected chi connectivity index (χ4v) is 2.30. The zero-order chi connectivity index (χ0) is 17.2. The molecule has 0 radical (unpaired) electrons. The van der Waals surface area contributed by atoms with Gasteiger partial charge >= 0.3 is 0 Å². The zero-order valence-electron chi connectivity index (χ0n) is 14.1. The van der Waals surface area contributed by atoms with E-state index in [1.54, 1.807) is 12.1 Å². The van der Waals surface area contributed by atoms with Gasteiger partial charge in [0.05, 0.1) is 0 Å². The van der Waals surface area contributed by atoms with Crippen molar-refractivity contribution in [2.24, 2.45) is 5.41 Å². The number of H-pyrrole nitrogens is 1. The highest BCUT2D eigenvalue weighted by atomic mass is 16.1. The largest absolute Gasteiger partial charge is 0.361 e. The fourth-order valence-electron chi connectivity index (χ4n) is 2.30. The molecule has 3 nitrogen and oxygen atoms in total. The van der Waals surface area contributed by atoms with Crippen LogP contribution < -0.4 is 5.32 Å². The fraction of sp³-hybridized carbons (Fsp3) is 0.190. The van der Waals surface area contributed by atoms with E-state index in [1.807, 2.05) is 42.6 Å². The molecule has 0 spiro atoms. The quantitative estimate of drug-likeness (QED) is 0.654. The third kappa shape index (κ3) is 3.85. The lowest BCUT2D eigenvalue weighted by molar-refractivity contribution is 0.102. The molecule has 0 saturated carbocycles. The van der Waals surface area contributed by atoms with Crippen molar-refractivity contribution in [2.45, 2.75) is 20.8 Å². The first-order valence-electron chi connectivity index (χ1n) is 7.92. The van der Waals surface area contributed by atoms with Crippen molar-refractivity contribution in [3.8, 4) is 11.8 Å². The minimum Gasteiger partial charge on any atom is -0.361 e. The molecular formula is C21H20N2O. The predicted octanol–water partition coefficient (Wildman–Crippen LogP) is 4.82. The van der Waals surface area contributed by atoms with Gasteiger partial charge in [-0.15, -0.1) is 0 Å². The molecule has 0 aliphatic heterocycles. The van der Waals surface area contributed by atoms with Crippen LogP contribution in [0.2, 0.25) is 0 Å². The smallest absolute Gasteiger partial charge is 0.255 e. The number of fused-ring (bicyclic) bond motifs is 1. The van der Waals surface area contributed by atoms with Crippen molar-refractivity contribution in [3.63, 3.8) is 0 Å². The molecule has 1 amide bonds. The first-order valence-corrected chi connectivity index (χ1v) is 7.92. The van der Waals surface area contributed by atoms with Crippen molar-refractivity contribution in [3.05, 3.63) is 65.9 Å². The zero-order valence-corrected chi connectivity index (χ0v) is 14.1. The molecule has 1 heterocycles. The molecule has 120 valence electrons. The molecule has 0 atom stereocenters. The molecule has 3 heteroatoms. The van der Waals surface area contributed by atoms with E-state index < -0.39 is 0 Å². The third-order valence-electron chi connectivity index (χ3n) is 3.54. The van der Waals surface area contributed by atoms with Gasteiger partial charge in [0.2, 0.25) is 0 Å². The van der Waals surface area contributed by atoms with Gasteiger partial charge in [0.1, 0.15) is 0 Å². The average molecular weight is 316 g/mol. The highest BCUT2D eigenvalue weighted by Crippen LogP contribution is 2.18. The van der Waals surface area contributed by atoms with E-state index in [9.17, 15) is 4.79 Å². The van der Waals surface area contributed by atoms with Crippen LogP contribution in [0.4, 0.5) is 5.69 Å². The second-order valence-electron chi connectivity index (χ2n) is 6.81. The average Bonchev–Trinajstić information content (AvgIpc) is 3.00. The molecule has 0 saturated heterocycles. The number of carbonyl (C=O) groups excluding carboxylic acids is 1. The maximum atomic E-state index is 12.4. The molecule has 3 aromatic rings. The predicted molar refractivity (Wildman–Crippen MR) is 99.0 cm³/mol. The maximum Gasteiger partial charge on any atom is 0.255 e. The normalized spacial score (nSPS) is 11.0. The molecule has 2 N–H and O–H groups in total. The molecule has 24 heavy (non-hydrogen) atoms. The minimum atomic E-state index is -0.125. The van der Waals surface area contributed by atoms with E-state index in [0.717, 1.165) is 22.2 Å². The summed E-state index contributed by atoms with van der Waals surface area (Å²) >= 11 is 0. The number of rotatable bonds is 2. The summed E-state index contributed by atoms with van der Waals surface area (Å²) in [4.78, 5) is 15.5. The van der Waals surface area contributed by atoms with Gasteiger partial charge in [-0.05, 0) is 69.3 Å². The Bertz CT molecular complexity index is 932. The standard InChI is InChI=1S/C21H20N2O/c1-21(2,3)12-10-15-4-6-16(7-5-15)20(24)23-18-8-9-19-17(14-18)11-13-22-19/h4-9,11,13-14,22H,1-3H3,(H,23,24). The van der Waals surface area contributed by atoms with Crippen molar-refractivity contribution < 1.29 is 4.79 Å². The summed E-state index contributed by atoms with van der Waals surface area (Å²) in [5.41, 5.74) is 3.33. The summed E-state index contributed by atoms with van der Waals surface area (Å²) in [7, 11) is 0. The lowest BCUT2D eigenvalue weighted by atomic mass is 9.97. The van der Waals surface area contributed by atoms with E-state index in [2.05, 4.69) is 42.9 Å². The van der Waals surface area contributed by atoms with Crippen molar-refractivity contribution in [1.29, 1.82) is 0 Å². The van der Waals surface area contributed by atoms with Gasteiger partial charge in [0.25, 0.3) is 5.91 Å². The Morgan fingerprint density at radius 2 is 1.79 bits per heavy atom. The lowest BCUT2D eigenvalue weighted by Crippen LogP contribution is -2.11. The number of amides is 1. The van der Waals surface area contributed by atoms with Crippen LogP contribution in [0.15, 0.2) is 54.7 Å². The van der Waals surface area contributed by atoms with Gasteiger partial charge in [-0.2, -0.15) is 0 Å². The second-order valence-corrected chi connectivity index (χ2v) is 6.81. The Morgan fingerprint density at radius 3 is 2.50 bits per heavy atom. The van der Waals surface area contributed by atoms with E-state index in [-0.39, 0.29) is 11.3 Å². The summed E-state index contributed by atoms with van der Waals surface area (Å²) < 4.78 is 0. The summed E-state index contributed by atoms with van der Waals surface area (Å²) in [5.74, 6) is 6.20. The Morgan fingerprint density at radius 1 is 1.04 bits per heavy atom. The Labute approximate surface area is 142 Å². The Kier molecular flexibility index (Phi) is 4.14. The molecule has 0 bridgehead atoms. The van der Waals surface area contributed by atoms with E-state index in [1.165, 1.54) is 0 Å². The summed E-state index contributed by atoms with van der Waals surface area (Å²) in [5, 5.41) is 4.00. The van der Waals surface area contributed by atoms with Crippen LogP contribution in [-0.2, 0) is 0 Å². The number of hydrogen-bond donors (Lipinski definition) is 2. The third-order valence-corrected chi connectivity index (χ3v) is 3.54. The maximum absolute atomic E-state index is 12.4.